The van der Waals surface area contributed by atoms with Gasteiger partial charge in [-0.3, -0.25) is 4.79 Å². The molecule has 1 N–H and O–H groups in total. The van der Waals surface area contributed by atoms with Crippen LogP contribution in [0.4, 0.5) is 5.00 Å². The van der Waals surface area contributed by atoms with Gasteiger partial charge in [-0.15, -0.1) is 11.3 Å². The number of hydrogen-bond donors (Lipinski definition) is 1. The van der Waals surface area contributed by atoms with Crippen molar-refractivity contribution in [1.82, 2.24) is 4.98 Å². The van der Waals surface area contributed by atoms with Gasteiger partial charge >= 0.3 is 11.9 Å². The molecule has 4 aromatic rings. The van der Waals surface area contributed by atoms with Gasteiger partial charge in [-0.05, 0) is 64.8 Å². The maximum absolute atomic E-state index is 13.8. The largest absolute Gasteiger partial charge is 0.459 e. The third-order valence-corrected chi connectivity index (χ3v) is 7.02. The summed E-state index contributed by atoms with van der Waals surface area (Å²) in [4.78, 5) is 44.6. The SMILES string of the molecule is Cc1ccccc1-c1cc(C(=O)Nc2sc(C(=O)OC(C)C)c(C)c2C(=O)OC(C)C)c2ccccc2n1. The Balaban J connectivity index is 1.81. The lowest BCUT2D eigenvalue weighted by atomic mass is 10.0. The molecule has 0 unspecified atom stereocenters. The number of ether oxygens (including phenoxy) is 2. The number of aromatic nitrogens is 1. The standard InChI is InChI=1S/C30H30N2O5S/c1-16(2)36-29(34)25-19(6)26(30(35)37-17(3)4)38-28(25)32-27(33)22-15-24(20-12-8-7-11-18(20)5)31-23-14-10-9-13-21(22)23/h7-17H,1-6H3,(H,32,33). The van der Waals surface area contributed by atoms with E-state index in [1.807, 2.05) is 55.5 Å². The number of esters is 2. The number of carbonyl (C=O) groups excluding carboxylic acids is 3. The van der Waals surface area contributed by atoms with Crippen LogP contribution in [0.3, 0.4) is 0 Å². The third-order valence-electron chi connectivity index (χ3n) is 5.83. The van der Waals surface area contributed by atoms with Crippen LogP contribution in [-0.2, 0) is 9.47 Å². The first-order valence-electron chi connectivity index (χ1n) is 12.4. The van der Waals surface area contributed by atoms with E-state index in [9.17, 15) is 14.4 Å². The quantitative estimate of drug-likeness (QED) is 0.260. The highest BCUT2D eigenvalue weighted by atomic mass is 32.1. The summed E-state index contributed by atoms with van der Waals surface area (Å²) in [7, 11) is 0. The Hall–Kier alpha value is -4.04. The van der Waals surface area contributed by atoms with Crippen LogP contribution < -0.4 is 5.32 Å². The van der Waals surface area contributed by atoms with Crippen LogP contribution in [0.25, 0.3) is 22.2 Å². The van der Waals surface area contributed by atoms with E-state index < -0.39 is 17.8 Å². The van der Waals surface area contributed by atoms with Crippen LogP contribution in [0.5, 0.6) is 0 Å². The molecule has 0 atom stereocenters. The number of amides is 1. The molecule has 0 radical (unpaired) electrons. The van der Waals surface area contributed by atoms with Gasteiger partial charge in [0.1, 0.15) is 9.88 Å². The van der Waals surface area contributed by atoms with E-state index in [-0.39, 0.29) is 27.6 Å². The second-order valence-electron chi connectivity index (χ2n) is 9.51. The van der Waals surface area contributed by atoms with Crippen molar-refractivity contribution in [2.24, 2.45) is 0 Å². The van der Waals surface area contributed by atoms with E-state index in [2.05, 4.69) is 5.32 Å². The van der Waals surface area contributed by atoms with Crippen molar-refractivity contribution in [3.05, 3.63) is 81.7 Å². The highest BCUT2D eigenvalue weighted by Gasteiger charge is 2.29. The van der Waals surface area contributed by atoms with Crippen molar-refractivity contribution in [1.29, 1.82) is 0 Å². The average molecular weight is 531 g/mol. The third kappa shape index (κ3) is 5.60. The number of pyridine rings is 1. The zero-order chi connectivity index (χ0) is 27.6. The molecule has 0 fully saturated rings. The van der Waals surface area contributed by atoms with Crippen molar-refractivity contribution < 1.29 is 23.9 Å². The number of rotatable bonds is 7. The van der Waals surface area contributed by atoms with Gasteiger partial charge in [-0.2, -0.15) is 0 Å². The lowest BCUT2D eigenvalue weighted by Crippen LogP contribution is -2.17. The number of aryl methyl sites for hydroxylation is 1. The van der Waals surface area contributed by atoms with E-state index in [4.69, 9.17) is 14.5 Å². The predicted molar refractivity (Wildman–Crippen MR) is 150 cm³/mol. The number of nitrogens with zero attached hydrogens (tertiary/aromatic N) is 1. The van der Waals surface area contributed by atoms with E-state index in [0.29, 0.717) is 27.7 Å². The summed E-state index contributed by atoms with van der Waals surface area (Å²) in [5.74, 6) is -1.60. The molecular weight excluding hydrogens is 500 g/mol. The molecule has 8 heteroatoms. The topological polar surface area (TPSA) is 94.6 Å². The van der Waals surface area contributed by atoms with Crippen LogP contribution in [0, 0.1) is 13.8 Å². The molecule has 4 rings (SSSR count). The zero-order valence-electron chi connectivity index (χ0n) is 22.2. The molecule has 196 valence electrons. The number of thiophene rings is 1. The average Bonchev–Trinajstić information content (AvgIpc) is 3.18. The Bertz CT molecular complexity index is 1540. The van der Waals surface area contributed by atoms with Crippen molar-refractivity contribution in [2.45, 2.75) is 53.8 Å². The lowest BCUT2D eigenvalue weighted by molar-refractivity contribution is 0.0378. The molecule has 0 saturated heterocycles. The molecule has 0 aliphatic heterocycles. The Labute approximate surface area is 225 Å². The Morgan fingerprint density at radius 2 is 1.50 bits per heavy atom. The summed E-state index contributed by atoms with van der Waals surface area (Å²) < 4.78 is 10.8. The number of hydrogen-bond acceptors (Lipinski definition) is 7. The maximum atomic E-state index is 13.8. The molecule has 38 heavy (non-hydrogen) atoms. The minimum Gasteiger partial charge on any atom is -0.459 e. The number of carbonyl (C=O) groups is 3. The molecular formula is C30H30N2O5S. The fourth-order valence-corrected chi connectivity index (χ4v) is 5.19. The van der Waals surface area contributed by atoms with Crippen LogP contribution in [0.2, 0.25) is 0 Å². The van der Waals surface area contributed by atoms with Gasteiger partial charge < -0.3 is 14.8 Å². The van der Waals surface area contributed by atoms with E-state index in [1.165, 1.54) is 0 Å². The highest BCUT2D eigenvalue weighted by molar-refractivity contribution is 7.18. The second kappa shape index (κ2) is 11.1. The number of fused-ring (bicyclic) bond motifs is 1. The van der Waals surface area contributed by atoms with Crippen molar-refractivity contribution in [3.63, 3.8) is 0 Å². The molecule has 0 aliphatic carbocycles. The Kier molecular flexibility index (Phi) is 7.92. The fraction of sp³-hybridized carbons (Fsp3) is 0.267. The maximum Gasteiger partial charge on any atom is 0.348 e. The molecule has 2 aromatic carbocycles. The smallest absolute Gasteiger partial charge is 0.348 e. The summed E-state index contributed by atoms with van der Waals surface area (Å²) >= 11 is 1.00. The molecule has 7 nitrogen and oxygen atoms in total. The first-order valence-corrected chi connectivity index (χ1v) is 13.2. The van der Waals surface area contributed by atoms with Crippen LogP contribution in [0.1, 0.15) is 69.2 Å². The van der Waals surface area contributed by atoms with Crippen LogP contribution >= 0.6 is 11.3 Å². The van der Waals surface area contributed by atoms with Crippen LogP contribution in [0.15, 0.2) is 54.6 Å². The predicted octanol–water partition coefficient (Wildman–Crippen LogP) is 6.96. The number of nitrogens with one attached hydrogen (secondary N) is 1. The van der Waals surface area contributed by atoms with Gasteiger partial charge in [0.05, 0.1) is 34.5 Å². The summed E-state index contributed by atoms with van der Waals surface area (Å²) in [6.45, 7) is 10.6. The van der Waals surface area contributed by atoms with Gasteiger partial charge in [-0.1, -0.05) is 42.5 Å². The molecule has 0 spiro atoms. The monoisotopic (exact) mass is 530 g/mol. The zero-order valence-corrected chi connectivity index (χ0v) is 23.1. The molecule has 1 amide bonds. The van der Waals surface area contributed by atoms with Gasteiger partial charge in [0.15, 0.2) is 0 Å². The highest BCUT2D eigenvalue weighted by Crippen LogP contribution is 2.36. The van der Waals surface area contributed by atoms with Crippen LogP contribution in [-0.4, -0.2) is 35.0 Å². The lowest BCUT2D eigenvalue weighted by Gasteiger charge is -2.13. The Morgan fingerprint density at radius 1 is 0.868 bits per heavy atom. The van der Waals surface area contributed by atoms with Gasteiger partial charge in [-0.25, -0.2) is 14.6 Å². The van der Waals surface area contributed by atoms with Gasteiger partial charge in [0, 0.05) is 10.9 Å². The van der Waals surface area contributed by atoms with E-state index in [0.717, 1.165) is 22.5 Å². The van der Waals surface area contributed by atoms with Crippen molar-refractivity contribution >= 4 is 45.1 Å². The molecule has 0 aliphatic rings. The first kappa shape index (κ1) is 27.0. The molecule has 0 bridgehead atoms. The minimum atomic E-state index is -0.618. The van der Waals surface area contributed by atoms with Crippen molar-refractivity contribution in [2.75, 3.05) is 5.32 Å². The van der Waals surface area contributed by atoms with E-state index in [1.54, 1.807) is 40.7 Å². The Morgan fingerprint density at radius 3 is 2.18 bits per heavy atom. The number of anilines is 1. The van der Waals surface area contributed by atoms with Crippen molar-refractivity contribution in [3.8, 4) is 11.3 Å². The summed E-state index contributed by atoms with van der Waals surface area (Å²) in [5.41, 5.74) is 4.22. The summed E-state index contributed by atoms with van der Waals surface area (Å²) in [6, 6.07) is 17.0. The molecule has 2 heterocycles. The molecule has 2 aromatic heterocycles. The summed E-state index contributed by atoms with van der Waals surface area (Å²) in [5, 5.41) is 3.78. The first-order chi connectivity index (χ1) is 18.1. The minimum absolute atomic E-state index is 0.144. The number of para-hydroxylation sites is 1. The second-order valence-corrected chi connectivity index (χ2v) is 10.5. The van der Waals surface area contributed by atoms with E-state index >= 15 is 0 Å². The number of benzene rings is 2. The fourth-order valence-electron chi connectivity index (χ4n) is 4.11. The molecule has 0 saturated carbocycles. The van der Waals surface area contributed by atoms with Gasteiger partial charge in [0.25, 0.3) is 5.91 Å². The van der Waals surface area contributed by atoms with Gasteiger partial charge in [0.2, 0.25) is 0 Å². The summed E-state index contributed by atoms with van der Waals surface area (Å²) in [6.07, 6.45) is -0.714. The normalized spacial score (nSPS) is 11.2.